The summed E-state index contributed by atoms with van der Waals surface area (Å²) in [5.74, 6) is 0.574. The van der Waals surface area contributed by atoms with Crippen LogP contribution in [-0.2, 0) is 11.8 Å². The number of hydrogen-bond acceptors (Lipinski definition) is 3. The Hall–Kier alpha value is -2.18. The van der Waals surface area contributed by atoms with Crippen molar-refractivity contribution in [3.8, 4) is 5.75 Å². The van der Waals surface area contributed by atoms with Gasteiger partial charge < -0.3 is 24.3 Å². The zero-order chi connectivity index (χ0) is 18.5. The van der Waals surface area contributed by atoms with Gasteiger partial charge in [0.1, 0.15) is 12.4 Å². The van der Waals surface area contributed by atoms with Gasteiger partial charge in [0.25, 0.3) is 0 Å². The Kier molecular flexibility index (Phi) is 6.06. The van der Waals surface area contributed by atoms with E-state index in [9.17, 15) is 4.79 Å². The molecule has 0 saturated carbocycles. The molecule has 1 fully saturated rings. The summed E-state index contributed by atoms with van der Waals surface area (Å²) in [4.78, 5) is 14.6. The number of ether oxygens (including phenoxy) is 2. The van der Waals surface area contributed by atoms with Gasteiger partial charge in [0.2, 0.25) is 0 Å². The zero-order valence-corrected chi connectivity index (χ0v) is 15.8. The molecular formula is C19H24ClN3O3. The highest BCUT2D eigenvalue weighted by molar-refractivity contribution is 6.32. The first-order chi connectivity index (χ1) is 12.6. The number of aromatic nitrogens is 1. The van der Waals surface area contributed by atoms with E-state index in [1.807, 2.05) is 24.2 Å². The van der Waals surface area contributed by atoms with Gasteiger partial charge in [-0.25, -0.2) is 4.79 Å². The third-order valence-electron chi connectivity index (χ3n) is 4.57. The van der Waals surface area contributed by atoms with E-state index in [1.54, 1.807) is 25.3 Å². The summed E-state index contributed by atoms with van der Waals surface area (Å²) < 4.78 is 12.6. The lowest BCUT2D eigenvalue weighted by molar-refractivity contribution is 0.146. The minimum absolute atomic E-state index is 0.0992. The molecule has 1 aromatic carbocycles. The van der Waals surface area contributed by atoms with Gasteiger partial charge in [0, 0.05) is 38.3 Å². The summed E-state index contributed by atoms with van der Waals surface area (Å²) in [6.07, 6.45) is 3.97. The summed E-state index contributed by atoms with van der Waals surface area (Å²) in [5.41, 5.74) is 1.80. The van der Waals surface area contributed by atoms with Gasteiger partial charge in [-0.1, -0.05) is 11.6 Å². The number of amides is 2. The number of aryl methyl sites for hydroxylation is 1. The van der Waals surface area contributed by atoms with E-state index in [0.717, 1.165) is 25.1 Å². The molecule has 0 radical (unpaired) electrons. The van der Waals surface area contributed by atoms with Crippen LogP contribution in [0.1, 0.15) is 24.6 Å². The Bertz CT molecular complexity index is 762. The lowest BCUT2D eigenvalue weighted by atomic mass is 10.1. The molecule has 1 N–H and O–H groups in total. The van der Waals surface area contributed by atoms with Gasteiger partial charge in [0.15, 0.2) is 0 Å². The molecule has 1 aliphatic heterocycles. The van der Waals surface area contributed by atoms with E-state index >= 15 is 0 Å². The number of rotatable bonds is 6. The number of halogens is 1. The number of carbonyl (C=O) groups excluding carboxylic acids is 1. The first-order valence-electron chi connectivity index (χ1n) is 8.70. The molecule has 3 rings (SSSR count). The molecule has 140 valence electrons. The Morgan fingerprint density at radius 3 is 2.88 bits per heavy atom. The molecule has 1 aliphatic rings. The first-order valence-corrected chi connectivity index (χ1v) is 9.08. The number of nitrogens with one attached hydrogen (secondary N) is 1. The monoisotopic (exact) mass is 377 g/mol. The molecule has 2 heterocycles. The van der Waals surface area contributed by atoms with Crippen molar-refractivity contribution in [3.63, 3.8) is 0 Å². The fourth-order valence-electron chi connectivity index (χ4n) is 3.26. The molecule has 0 aliphatic carbocycles. The topological polar surface area (TPSA) is 55.7 Å². The zero-order valence-electron chi connectivity index (χ0n) is 15.1. The van der Waals surface area contributed by atoms with Crippen molar-refractivity contribution < 1.29 is 14.3 Å². The van der Waals surface area contributed by atoms with Gasteiger partial charge in [-0.15, -0.1) is 0 Å². The van der Waals surface area contributed by atoms with Crippen molar-refractivity contribution in [3.05, 3.63) is 47.2 Å². The second-order valence-electron chi connectivity index (χ2n) is 6.31. The first kappa shape index (κ1) is 18.6. The summed E-state index contributed by atoms with van der Waals surface area (Å²) in [7, 11) is 3.62. The number of urea groups is 1. The molecule has 2 amide bonds. The average molecular weight is 378 g/mol. The Morgan fingerprint density at radius 1 is 1.35 bits per heavy atom. The molecule has 1 unspecified atom stereocenters. The lowest BCUT2D eigenvalue weighted by Crippen LogP contribution is -2.35. The number of likely N-dealkylation sites (tertiary alicyclic amines) is 1. The standard InChI is InChI=1S/C19H24ClN3O3/c1-22-9-3-5-16(22)17-6-4-10-23(17)19(24)21-14-7-8-18(15(20)13-14)26-12-11-25-2/h3,5,7-9,13,17H,4,6,10-12H2,1-2H3,(H,21,24). The summed E-state index contributed by atoms with van der Waals surface area (Å²) in [6.45, 7) is 1.66. The second kappa shape index (κ2) is 8.47. The predicted octanol–water partition coefficient (Wildman–Crippen LogP) is 4.07. The van der Waals surface area contributed by atoms with Crippen molar-refractivity contribution in [1.29, 1.82) is 0 Å². The molecule has 7 heteroatoms. The number of methoxy groups -OCH3 is 1. The molecule has 6 nitrogen and oxygen atoms in total. The van der Waals surface area contributed by atoms with E-state index in [4.69, 9.17) is 21.1 Å². The predicted molar refractivity (Wildman–Crippen MR) is 102 cm³/mol. The van der Waals surface area contributed by atoms with Crippen LogP contribution in [0.4, 0.5) is 10.5 Å². The Balaban J connectivity index is 1.66. The van der Waals surface area contributed by atoms with Crippen LogP contribution >= 0.6 is 11.6 Å². The average Bonchev–Trinajstić information content (AvgIpc) is 3.25. The highest BCUT2D eigenvalue weighted by Crippen LogP contribution is 2.33. The normalized spacial score (nSPS) is 16.7. The van der Waals surface area contributed by atoms with Gasteiger partial charge in [-0.2, -0.15) is 0 Å². The van der Waals surface area contributed by atoms with Crippen LogP contribution in [0.5, 0.6) is 5.75 Å². The van der Waals surface area contributed by atoms with Crippen LogP contribution in [0, 0.1) is 0 Å². The molecular weight excluding hydrogens is 354 g/mol. The SMILES string of the molecule is COCCOc1ccc(NC(=O)N2CCCC2c2cccn2C)cc1Cl. The van der Waals surface area contributed by atoms with Gasteiger partial charge in [-0.3, -0.25) is 0 Å². The largest absolute Gasteiger partial charge is 0.490 e. The van der Waals surface area contributed by atoms with Gasteiger partial charge in [0.05, 0.1) is 17.7 Å². The second-order valence-corrected chi connectivity index (χ2v) is 6.72. The summed E-state index contributed by atoms with van der Waals surface area (Å²) in [6, 6.07) is 9.31. The van der Waals surface area contributed by atoms with Crippen molar-refractivity contribution in [2.45, 2.75) is 18.9 Å². The molecule has 2 aromatic rings. The summed E-state index contributed by atoms with van der Waals surface area (Å²) in [5, 5.41) is 3.40. The number of anilines is 1. The number of hydrogen-bond donors (Lipinski definition) is 1. The van der Waals surface area contributed by atoms with E-state index < -0.39 is 0 Å². The maximum atomic E-state index is 12.8. The minimum atomic E-state index is -0.113. The Morgan fingerprint density at radius 2 is 2.19 bits per heavy atom. The van der Waals surface area contributed by atoms with Crippen molar-refractivity contribution in [1.82, 2.24) is 9.47 Å². The van der Waals surface area contributed by atoms with E-state index in [2.05, 4.69) is 16.0 Å². The minimum Gasteiger partial charge on any atom is -0.490 e. The van der Waals surface area contributed by atoms with E-state index in [-0.39, 0.29) is 12.1 Å². The van der Waals surface area contributed by atoms with Crippen molar-refractivity contribution >= 4 is 23.3 Å². The maximum absolute atomic E-state index is 12.8. The molecule has 26 heavy (non-hydrogen) atoms. The van der Waals surface area contributed by atoms with E-state index in [1.165, 1.54) is 0 Å². The fourth-order valence-corrected chi connectivity index (χ4v) is 3.50. The quantitative estimate of drug-likeness (QED) is 0.772. The molecule has 0 spiro atoms. The van der Waals surface area contributed by atoms with Crippen LogP contribution in [0.3, 0.4) is 0 Å². The maximum Gasteiger partial charge on any atom is 0.322 e. The van der Waals surface area contributed by atoms with Crippen molar-refractivity contribution in [2.75, 3.05) is 32.2 Å². The van der Waals surface area contributed by atoms with Gasteiger partial charge in [-0.05, 0) is 43.2 Å². The Labute approximate surface area is 158 Å². The number of benzene rings is 1. The molecule has 1 saturated heterocycles. The summed E-state index contributed by atoms with van der Waals surface area (Å²) >= 11 is 6.25. The van der Waals surface area contributed by atoms with Crippen LogP contribution in [0.15, 0.2) is 36.5 Å². The lowest BCUT2D eigenvalue weighted by Gasteiger charge is -2.25. The van der Waals surface area contributed by atoms with Crippen LogP contribution < -0.4 is 10.1 Å². The third-order valence-corrected chi connectivity index (χ3v) is 4.86. The third kappa shape index (κ3) is 4.14. The fraction of sp³-hybridized carbons (Fsp3) is 0.421. The number of nitrogens with zero attached hydrogens (tertiary/aromatic N) is 2. The van der Waals surface area contributed by atoms with Crippen molar-refractivity contribution in [2.24, 2.45) is 7.05 Å². The van der Waals surface area contributed by atoms with E-state index in [0.29, 0.717) is 29.7 Å². The highest BCUT2D eigenvalue weighted by Gasteiger charge is 2.31. The number of carbonyl (C=O) groups is 1. The molecule has 1 aromatic heterocycles. The molecule has 1 atom stereocenters. The van der Waals surface area contributed by atoms with Crippen LogP contribution in [-0.4, -0.2) is 42.4 Å². The molecule has 0 bridgehead atoms. The highest BCUT2D eigenvalue weighted by atomic mass is 35.5. The van der Waals surface area contributed by atoms with Crippen LogP contribution in [0.25, 0.3) is 0 Å². The van der Waals surface area contributed by atoms with Crippen LogP contribution in [0.2, 0.25) is 5.02 Å². The smallest absolute Gasteiger partial charge is 0.322 e. The van der Waals surface area contributed by atoms with Gasteiger partial charge >= 0.3 is 6.03 Å².